The Morgan fingerprint density at radius 2 is 2.06 bits per heavy atom. The zero-order valence-corrected chi connectivity index (χ0v) is 10.7. The lowest BCUT2D eigenvalue weighted by Gasteiger charge is -2.01. The first kappa shape index (κ1) is 14.5. The number of benzene rings is 1. The topological polar surface area (TPSA) is 29.5 Å². The molecule has 0 fully saturated rings. The number of aliphatic hydroxyl groups excluding tert-OH is 1. The van der Waals surface area contributed by atoms with E-state index in [-0.39, 0.29) is 6.61 Å². The maximum Gasteiger partial charge on any atom is 0.0717 e. The third kappa shape index (κ3) is 6.90. The van der Waals surface area contributed by atoms with Gasteiger partial charge in [0.25, 0.3) is 0 Å². The summed E-state index contributed by atoms with van der Waals surface area (Å²) in [5.74, 6) is 6.00. The van der Waals surface area contributed by atoms with Gasteiger partial charge in [0.2, 0.25) is 0 Å². The summed E-state index contributed by atoms with van der Waals surface area (Å²) in [7, 11) is 0. The molecule has 0 radical (unpaired) electrons. The highest BCUT2D eigenvalue weighted by atomic mass is 16.5. The normalized spacial score (nSPS) is 9.61. The molecule has 18 heavy (non-hydrogen) atoms. The van der Waals surface area contributed by atoms with E-state index in [1.807, 2.05) is 30.3 Å². The summed E-state index contributed by atoms with van der Waals surface area (Å²) >= 11 is 0. The fourth-order valence-corrected chi connectivity index (χ4v) is 1.43. The van der Waals surface area contributed by atoms with Gasteiger partial charge in [-0.15, -0.1) is 0 Å². The molecule has 0 aliphatic carbocycles. The summed E-state index contributed by atoms with van der Waals surface area (Å²) in [5, 5.41) is 8.66. The van der Waals surface area contributed by atoms with E-state index in [4.69, 9.17) is 9.84 Å². The van der Waals surface area contributed by atoms with Crippen molar-refractivity contribution >= 4 is 0 Å². The molecule has 0 saturated heterocycles. The van der Waals surface area contributed by atoms with Crippen molar-refractivity contribution in [2.45, 2.75) is 25.9 Å². The van der Waals surface area contributed by atoms with Crippen molar-refractivity contribution in [1.82, 2.24) is 0 Å². The van der Waals surface area contributed by atoms with Crippen LogP contribution in [0.5, 0.6) is 0 Å². The molecule has 2 nitrogen and oxygen atoms in total. The van der Waals surface area contributed by atoms with Crippen LogP contribution in [-0.4, -0.2) is 18.3 Å². The molecule has 0 amide bonds. The molecule has 0 spiro atoms. The predicted octanol–water partition coefficient (Wildman–Crippen LogP) is 2.93. The molecule has 1 N–H and O–H groups in total. The fraction of sp³-hybridized carbons (Fsp3) is 0.375. The number of aliphatic hydroxyl groups is 1. The first-order valence-corrected chi connectivity index (χ1v) is 6.22. The van der Waals surface area contributed by atoms with Crippen LogP contribution in [0, 0.1) is 11.8 Å². The Balaban J connectivity index is 2.08. The second-order valence-electron chi connectivity index (χ2n) is 4.02. The highest BCUT2D eigenvalue weighted by Crippen LogP contribution is 2.01. The minimum atomic E-state index is 0.195. The van der Waals surface area contributed by atoms with Crippen molar-refractivity contribution in [3.05, 3.63) is 48.0 Å². The largest absolute Gasteiger partial charge is 0.396 e. The van der Waals surface area contributed by atoms with E-state index in [9.17, 15) is 0 Å². The molecular formula is C16H20O2. The van der Waals surface area contributed by atoms with Crippen molar-refractivity contribution in [2.24, 2.45) is 0 Å². The standard InChI is InChI=1S/C16H20O2/c1-15(9-7-12-17)8-5-6-13-18-14-16-10-3-2-4-11-16/h2-4,10-11,17H,1,6-7,9,12-14H2. The summed E-state index contributed by atoms with van der Waals surface area (Å²) in [6.45, 7) is 5.29. The van der Waals surface area contributed by atoms with E-state index in [1.54, 1.807) is 0 Å². The van der Waals surface area contributed by atoms with Crippen LogP contribution >= 0.6 is 0 Å². The Morgan fingerprint density at radius 1 is 1.28 bits per heavy atom. The van der Waals surface area contributed by atoms with Gasteiger partial charge in [0, 0.05) is 13.0 Å². The fourth-order valence-electron chi connectivity index (χ4n) is 1.43. The number of hydrogen-bond donors (Lipinski definition) is 1. The third-order valence-electron chi connectivity index (χ3n) is 2.38. The lowest BCUT2D eigenvalue weighted by atomic mass is 10.2. The van der Waals surface area contributed by atoms with Gasteiger partial charge in [0.15, 0.2) is 0 Å². The average Bonchev–Trinajstić information content (AvgIpc) is 2.41. The van der Waals surface area contributed by atoms with Crippen LogP contribution in [-0.2, 0) is 11.3 Å². The van der Waals surface area contributed by atoms with Crippen LogP contribution in [0.4, 0.5) is 0 Å². The average molecular weight is 244 g/mol. The monoisotopic (exact) mass is 244 g/mol. The van der Waals surface area contributed by atoms with Gasteiger partial charge in [-0.3, -0.25) is 0 Å². The lowest BCUT2D eigenvalue weighted by molar-refractivity contribution is 0.126. The van der Waals surface area contributed by atoms with Gasteiger partial charge in [-0.1, -0.05) is 48.8 Å². The first-order chi connectivity index (χ1) is 8.83. The summed E-state index contributed by atoms with van der Waals surface area (Å²) in [4.78, 5) is 0. The molecule has 0 bridgehead atoms. The van der Waals surface area contributed by atoms with Crippen LogP contribution in [0.25, 0.3) is 0 Å². The van der Waals surface area contributed by atoms with Gasteiger partial charge in [0.1, 0.15) is 0 Å². The van der Waals surface area contributed by atoms with Crippen LogP contribution in [0.15, 0.2) is 42.5 Å². The van der Waals surface area contributed by atoms with E-state index in [0.717, 1.165) is 18.4 Å². The van der Waals surface area contributed by atoms with Gasteiger partial charge >= 0.3 is 0 Å². The Hall–Kier alpha value is -1.56. The number of allylic oxidation sites excluding steroid dienone is 1. The molecule has 0 heterocycles. The Kier molecular flexibility index (Phi) is 7.63. The van der Waals surface area contributed by atoms with E-state index in [0.29, 0.717) is 19.6 Å². The highest BCUT2D eigenvalue weighted by Gasteiger charge is 1.91. The van der Waals surface area contributed by atoms with Gasteiger partial charge in [0.05, 0.1) is 13.2 Å². The quantitative estimate of drug-likeness (QED) is 0.590. The molecule has 1 rings (SSSR count). The van der Waals surface area contributed by atoms with Crippen molar-refractivity contribution in [1.29, 1.82) is 0 Å². The van der Waals surface area contributed by atoms with Crippen molar-refractivity contribution in [3.8, 4) is 11.8 Å². The second-order valence-corrected chi connectivity index (χ2v) is 4.02. The van der Waals surface area contributed by atoms with Gasteiger partial charge in [-0.05, 0) is 24.0 Å². The maximum atomic E-state index is 8.66. The van der Waals surface area contributed by atoms with E-state index in [1.165, 1.54) is 5.56 Å². The second kappa shape index (κ2) is 9.47. The molecule has 0 unspecified atom stereocenters. The van der Waals surface area contributed by atoms with Crippen LogP contribution < -0.4 is 0 Å². The summed E-state index contributed by atoms with van der Waals surface area (Å²) in [5.41, 5.74) is 2.06. The number of ether oxygens (including phenoxy) is 1. The predicted molar refractivity (Wildman–Crippen MR) is 74.0 cm³/mol. The summed E-state index contributed by atoms with van der Waals surface area (Å²) in [6.07, 6.45) is 2.22. The molecule has 0 saturated carbocycles. The smallest absolute Gasteiger partial charge is 0.0717 e. The number of hydrogen-bond acceptors (Lipinski definition) is 2. The molecule has 1 aromatic carbocycles. The molecule has 0 atom stereocenters. The van der Waals surface area contributed by atoms with Crippen molar-refractivity contribution in [2.75, 3.05) is 13.2 Å². The molecule has 96 valence electrons. The molecule has 0 aliphatic heterocycles. The minimum Gasteiger partial charge on any atom is -0.396 e. The number of rotatable bonds is 7. The van der Waals surface area contributed by atoms with E-state index >= 15 is 0 Å². The molecule has 1 aromatic rings. The lowest BCUT2D eigenvalue weighted by Crippen LogP contribution is -1.94. The molecular weight excluding hydrogens is 224 g/mol. The molecule has 2 heteroatoms. The van der Waals surface area contributed by atoms with Crippen molar-refractivity contribution < 1.29 is 9.84 Å². The molecule has 0 aliphatic rings. The van der Waals surface area contributed by atoms with Crippen LogP contribution in [0.3, 0.4) is 0 Å². The van der Waals surface area contributed by atoms with E-state index in [2.05, 4.69) is 18.4 Å². The zero-order valence-electron chi connectivity index (χ0n) is 10.7. The van der Waals surface area contributed by atoms with E-state index < -0.39 is 0 Å². The Labute approximate surface area is 109 Å². The highest BCUT2D eigenvalue weighted by molar-refractivity contribution is 5.25. The van der Waals surface area contributed by atoms with Gasteiger partial charge in [-0.25, -0.2) is 0 Å². The summed E-state index contributed by atoms with van der Waals surface area (Å²) < 4.78 is 5.51. The maximum absolute atomic E-state index is 8.66. The minimum absolute atomic E-state index is 0.195. The van der Waals surface area contributed by atoms with Crippen LogP contribution in [0.1, 0.15) is 24.8 Å². The van der Waals surface area contributed by atoms with Gasteiger partial charge < -0.3 is 9.84 Å². The SMILES string of the molecule is C=C(C#CCCOCc1ccccc1)CCCO. The Bertz CT molecular complexity index is 398. The van der Waals surface area contributed by atoms with Crippen LogP contribution in [0.2, 0.25) is 0 Å². The van der Waals surface area contributed by atoms with Crippen molar-refractivity contribution in [3.63, 3.8) is 0 Å². The first-order valence-electron chi connectivity index (χ1n) is 6.22. The zero-order chi connectivity index (χ0) is 13.1. The molecule has 0 aromatic heterocycles. The summed E-state index contributed by atoms with van der Waals surface area (Å²) in [6, 6.07) is 10.1. The third-order valence-corrected chi connectivity index (χ3v) is 2.38. The Morgan fingerprint density at radius 3 is 2.78 bits per heavy atom. The van der Waals surface area contributed by atoms with Gasteiger partial charge in [-0.2, -0.15) is 0 Å².